The Kier molecular flexibility index (Phi) is 3.40. The molecule has 0 aliphatic carbocycles. The summed E-state index contributed by atoms with van der Waals surface area (Å²) < 4.78 is 1.88. The summed E-state index contributed by atoms with van der Waals surface area (Å²) in [6, 6.07) is 0. The minimum Gasteiger partial charge on any atom is -0.267 e. The molecule has 1 heterocycles. The monoisotopic (exact) mass is 293 g/mol. The minimum atomic E-state index is 0.572. The highest BCUT2D eigenvalue weighted by Crippen LogP contribution is 2.18. The number of rotatable bonds is 2. The van der Waals surface area contributed by atoms with Crippen LogP contribution in [0, 0.1) is 0 Å². The SMILES string of the molecule is C=N/C(C)=c1\c(=C)cnn1PI. The first-order valence-electron chi connectivity index (χ1n) is 3.28. The van der Waals surface area contributed by atoms with Gasteiger partial charge in [-0.2, -0.15) is 5.10 Å². The molecule has 0 bridgehead atoms. The van der Waals surface area contributed by atoms with Crippen molar-refractivity contribution in [3.8, 4) is 0 Å². The van der Waals surface area contributed by atoms with Gasteiger partial charge in [-0.1, -0.05) is 6.58 Å². The third kappa shape index (κ3) is 1.75. The molecule has 1 aromatic heterocycles. The first-order valence-corrected chi connectivity index (χ1v) is 7.34. The number of hydrogen-bond donors (Lipinski definition) is 0. The Labute approximate surface area is 85.6 Å². The molecular formula is C7H9IN3P. The predicted octanol–water partition coefficient (Wildman–Crippen LogP) is 0.914. The van der Waals surface area contributed by atoms with Crippen molar-refractivity contribution >= 4 is 47.4 Å². The summed E-state index contributed by atoms with van der Waals surface area (Å²) in [5, 5.41) is 6.04. The Morgan fingerprint density at radius 3 is 3.00 bits per heavy atom. The molecule has 0 aromatic carbocycles. The minimum absolute atomic E-state index is 0.572. The van der Waals surface area contributed by atoms with Crippen LogP contribution >= 0.6 is 28.4 Å². The highest BCUT2D eigenvalue weighted by atomic mass is 127. The van der Waals surface area contributed by atoms with E-state index in [1.807, 2.05) is 11.4 Å². The van der Waals surface area contributed by atoms with E-state index >= 15 is 0 Å². The van der Waals surface area contributed by atoms with Gasteiger partial charge in [-0.15, -0.1) is 0 Å². The van der Waals surface area contributed by atoms with Gasteiger partial charge in [0, 0.05) is 5.22 Å². The van der Waals surface area contributed by atoms with Crippen LogP contribution in [0.2, 0.25) is 0 Å². The van der Waals surface area contributed by atoms with Crippen LogP contribution in [0.5, 0.6) is 0 Å². The summed E-state index contributed by atoms with van der Waals surface area (Å²) in [6.07, 6.45) is 2.32. The second-order valence-corrected chi connectivity index (χ2v) is 4.30. The zero-order valence-electron chi connectivity index (χ0n) is 6.71. The largest absolute Gasteiger partial charge is 0.267 e. The Hall–Kier alpha value is -0.220. The van der Waals surface area contributed by atoms with Gasteiger partial charge in [0.2, 0.25) is 0 Å². The molecule has 0 spiro atoms. The molecule has 1 rings (SSSR count). The molecule has 0 aliphatic rings. The van der Waals surface area contributed by atoms with Crippen LogP contribution in [0.1, 0.15) is 6.92 Å². The number of aromatic nitrogens is 2. The maximum atomic E-state index is 4.15. The summed E-state index contributed by atoms with van der Waals surface area (Å²) in [7, 11) is 0. The van der Waals surface area contributed by atoms with Gasteiger partial charge >= 0.3 is 0 Å². The number of nitrogens with zero attached hydrogens (tertiary/aromatic N) is 3. The Balaban J connectivity index is 3.59. The molecule has 12 heavy (non-hydrogen) atoms. The molecule has 0 N–H and O–H groups in total. The summed E-state index contributed by atoms with van der Waals surface area (Å²) in [5.41, 5.74) is 0.877. The van der Waals surface area contributed by atoms with E-state index in [9.17, 15) is 0 Å². The van der Waals surface area contributed by atoms with Gasteiger partial charge in [0.1, 0.15) is 0 Å². The van der Waals surface area contributed by atoms with E-state index in [0.29, 0.717) is 6.37 Å². The van der Waals surface area contributed by atoms with Crippen molar-refractivity contribution in [1.29, 1.82) is 0 Å². The zero-order chi connectivity index (χ0) is 9.14. The van der Waals surface area contributed by atoms with E-state index in [-0.39, 0.29) is 0 Å². The second kappa shape index (κ2) is 4.14. The quantitative estimate of drug-likeness (QED) is 0.453. The Morgan fingerprint density at radius 2 is 2.50 bits per heavy atom. The van der Waals surface area contributed by atoms with Crippen molar-refractivity contribution in [3.63, 3.8) is 0 Å². The van der Waals surface area contributed by atoms with Crippen molar-refractivity contribution in [3.05, 3.63) is 16.8 Å². The lowest BCUT2D eigenvalue weighted by Gasteiger charge is -1.94. The van der Waals surface area contributed by atoms with Gasteiger partial charge < -0.3 is 0 Å². The Morgan fingerprint density at radius 1 is 1.83 bits per heavy atom. The van der Waals surface area contributed by atoms with Crippen molar-refractivity contribution in [2.75, 3.05) is 0 Å². The van der Waals surface area contributed by atoms with Crippen LogP contribution in [0.4, 0.5) is 0 Å². The van der Waals surface area contributed by atoms with Crippen molar-refractivity contribution < 1.29 is 0 Å². The highest BCUT2D eigenvalue weighted by molar-refractivity contribution is 14.2. The molecule has 1 unspecified atom stereocenters. The van der Waals surface area contributed by atoms with Crippen LogP contribution in [0.25, 0.3) is 12.3 Å². The van der Waals surface area contributed by atoms with Gasteiger partial charge in [-0.05, 0) is 35.7 Å². The number of aliphatic imine (C=N–C) groups is 1. The fourth-order valence-electron chi connectivity index (χ4n) is 0.907. The van der Waals surface area contributed by atoms with Crippen LogP contribution in [0.3, 0.4) is 0 Å². The predicted molar refractivity (Wildman–Crippen MR) is 63.4 cm³/mol. The molecule has 1 atom stereocenters. The van der Waals surface area contributed by atoms with Gasteiger partial charge in [0.05, 0.1) is 23.6 Å². The third-order valence-corrected chi connectivity index (χ3v) is 3.38. The molecule has 5 heteroatoms. The van der Waals surface area contributed by atoms with Crippen LogP contribution in [-0.2, 0) is 0 Å². The second-order valence-electron chi connectivity index (χ2n) is 2.26. The fraction of sp³-hybridized carbons (Fsp3) is 0.143. The average molecular weight is 293 g/mol. The average Bonchev–Trinajstić information content (AvgIpc) is 2.45. The molecular weight excluding hydrogens is 284 g/mol. The zero-order valence-corrected chi connectivity index (χ0v) is 9.87. The van der Waals surface area contributed by atoms with E-state index in [1.54, 1.807) is 6.20 Å². The van der Waals surface area contributed by atoms with Gasteiger partial charge in [0.15, 0.2) is 0 Å². The molecule has 0 radical (unpaired) electrons. The van der Waals surface area contributed by atoms with Crippen molar-refractivity contribution in [1.82, 2.24) is 9.55 Å². The smallest absolute Gasteiger partial charge is 0.0934 e. The van der Waals surface area contributed by atoms with E-state index in [0.717, 1.165) is 16.3 Å². The summed E-state index contributed by atoms with van der Waals surface area (Å²) in [4.78, 5) is 3.87. The Bertz CT molecular complexity index is 395. The van der Waals surface area contributed by atoms with E-state index in [4.69, 9.17) is 0 Å². The van der Waals surface area contributed by atoms with Gasteiger partial charge in [0.25, 0.3) is 0 Å². The van der Waals surface area contributed by atoms with Crippen LogP contribution in [-0.4, -0.2) is 16.3 Å². The van der Waals surface area contributed by atoms with E-state index in [2.05, 4.69) is 45.4 Å². The summed E-state index contributed by atoms with van der Waals surface area (Å²) in [6.45, 7) is 9.25. The molecule has 0 saturated carbocycles. The van der Waals surface area contributed by atoms with Crippen molar-refractivity contribution in [2.24, 2.45) is 4.99 Å². The third-order valence-electron chi connectivity index (χ3n) is 1.50. The lowest BCUT2D eigenvalue weighted by atomic mass is 10.4. The first kappa shape index (κ1) is 9.86. The lowest BCUT2D eigenvalue weighted by molar-refractivity contribution is 0.972. The van der Waals surface area contributed by atoms with Crippen molar-refractivity contribution in [2.45, 2.75) is 6.92 Å². The molecule has 1 aromatic rings. The maximum Gasteiger partial charge on any atom is 0.0934 e. The fourth-order valence-corrected chi connectivity index (χ4v) is 2.50. The standard InChI is InChI=1S/C7H9IN3P/c1-5-4-10-11(12-8)7(5)6(2)9-3/h4,12H,1,3H2,2H3/b7-6+. The summed E-state index contributed by atoms with van der Waals surface area (Å²) >= 11 is 2.27. The molecule has 0 amide bonds. The van der Waals surface area contributed by atoms with Gasteiger partial charge in [-0.3, -0.25) is 4.99 Å². The van der Waals surface area contributed by atoms with Crippen LogP contribution in [0.15, 0.2) is 11.2 Å². The molecule has 0 aliphatic heterocycles. The van der Waals surface area contributed by atoms with E-state index < -0.39 is 0 Å². The van der Waals surface area contributed by atoms with Gasteiger partial charge in [-0.25, -0.2) is 4.45 Å². The molecule has 64 valence electrons. The highest BCUT2D eigenvalue weighted by Gasteiger charge is 1.97. The number of halogens is 1. The van der Waals surface area contributed by atoms with E-state index in [1.165, 1.54) is 0 Å². The summed E-state index contributed by atoms with van der Waals surface area (Å²) in [5.74, 6) is 0. The molecule has 0 fully saturated rings. The first-order chi connectivity index (χ1) is 5.70. The topological polar surface area (TPSA) is 30.2 Å². The molecule has 3 nitrogen and oxygen atoms in total. The maximum absolute atomic E-state index is 4.15. The lowest BCUT2D eigenvalue weighted by Crippen LogP contribution is -2.26. The number of hydrogen-bond acceptors (Lipinski definition) is 2. The van der Waals surface area contributed by atoms with Crippen LogP contribution < -0.4 is 10.6 Å². The normalized spacial score (nSPS) is 13.8. The molecule has 0 saturated heterocycles.